The van der Waals surface area contributed by atoms with Gasteiger partial charge in [-0.05, 0) is 6.42 Å². The fraction of sp³-hybridized carbons (Fsp3) is 0.667. The molecule has 0 aliphatic carbocycles. The Labute approximate surface area is 91.8 Å². The summed E-state index contributed by atoms with van der Waals surface area (Å²) < 4.78 is 0. The second-order valence-corrected chi connectivity index (χ2v) is 3.79. The zero-order valence-electron chi connectivity index (χ0n) is 8.63. The molecule has 0 spiro atoms. The summed E-state index contributed by atoms with van der Waals surface area (Å²) in [6.45, 7) is 0.176. The van der Waals surface area contributed by atoms with Crippen LogP contribution in [0.5, 0.6) is 0 Å². The van der Waals surface area contributed by atoms with Gasteiger partial charge in [-0.15, -0.1) is 0 Å². The van der Waals surface area contributed by atoms with Crippen LogP contribution in [-0.2, 0) is 14.4 Å². The van der Waals surface area contributed by atoms with Crippen molar-refractivity contribution in [1.82, 2.24) is 4.90 Å². The molecule has 90 valence electrons. The highest BCUT2D eigenvalue weighted by atomic mass is 16.4. The summed E-state index contributed by atoms with van der Waals surface area (Å²) in [5.41, 5.74) is 5.57. The highest BCUT2D eigenvalue weighted by Crippen LogP contribution is 2.18. The van der Waals surface area contributed by atoms with Crippen molar-refractivity contribution < 1.29 is 24.6 Å². The molecular weight excluding hydrogens is 216 g/mol. The second-order valence-electron chi connectivity index (χ2n) is 3.79. The van der Waals surface area contributed by atoms with Crippen molar-refractivity contribution in [2.45, 2.75) is 31.3 Å². The average Bonchev–Trinajstić information content (AvgIpc) is 2.56. The molecule has 7 heteroatoms. The lowest BCUT2D eigenvalue weighted by Crippen LogP contribution is -2.40. The van der Waals surface area contributed by atoms with Crippen LogP contribution in [-0.4, -0.2) is 51.6 Å². The van der Waals surface area contributed by atoms with Crippen molar-refractivity contribution in [2.75, 3.05) is 6.54 Å². The molecule has 2 unspecified atom stereocenters. The number of carbonyl (C=O) groups excluding carboxylic acids is 1. The minimum absolute atomic E-state index is 0.176. The number of likely N-dealkylation sites (tertiary alicyclic amines) is 1. The molecule has 2 atom stereocenters. The van der Waals surface area contributed by atoms with Gasteiger partial charge in [-0.25, -0.2) is 4.79 Å². The predicted octanol–water partition coefficient (Wildman–Crippen LogP) is -1.14. The zero-order valence-corrected chi connectivity index (χ0v) is 8.63. The molecule has 0 bridgehead atoms. The molecule has 1 fully saturated rings. The molecule has 1 saturated heterocycles. The Hall–Kier alpha value is -1.63. The summed E-state index contributed by atoms with van der Waals surface area (Å²) in [5, 5.41) is 17.3. The lowest BCUT2D eigenvalue weighted by atomic mass is 10.2. The molecule has 0 aromatic rings. The highest BCUT2D eigenvalue weighted by Gasteiger charge is 2.37. The third-order valence-corrected chi connectivity index (χ3v) is 2.49. The predicted molar refractivity (Wildman–Crippen MR) is 52.6 cm³/mol. The van der Waals surface area contributed by atoms with E-state index in [-0.39, 0.29) is 31.8 Å². The summed E-state index contributed by atoms with van der Waals surface area (Å²) in [5.74, 6) is -2.65. The zero-order chi connectivity index (χ0) is 12.3. The number of carboxylic acid groups (broad SMARTS) is 2. The highest BCUT2D eigenvalue weighted by molar-refractivity contribution is 5.86. The van der Waals surface area contributed by atoms with E-state index in [1.54, 1.807) is 0 Å². The van der Waals surface area contributed by atoms with Gasteiger partial charge in [-0.3, -0.25) is 9.59 Å². The van der Waals surface area contributed by atoms with E-state index in [2.05, 4.69) is 0 Å². The maximum Gasteiger partial charge on any atom is 0.326 e. The second kappa shape index (κ2) is 4.93. The maximum atomic E-state index is 11.6. The lowest BCUT2D eigenvalue weighted by Gasteiger charge is -2.20. The van der Waals surface area contributed by atoms with Crippen molar-refractivity contribution in [2.24, 2.45) is 5.73 Å². The summed E-state index contributed by atoms with van der Waals surface area (Å²) in [6.07, 6.45) is -0.267. The molecule has 0 aromatic heterocycles. The molecule has 1 heterocycles. The standard InChI is InChI=1S/C9H14N2O5/c10-5-3-6(9(15)16)11(4-5)7(12)1-2-8(13)14/h5-6H,1-4,10H2,(H,13,14)(H,15,16). The molecule has 4 N–H and O–H groups in total. The van der Waals surface area contributed by atoms with Crippen molar-refractivity contribution >= 4 is 17.8 Å². The number of aliphatic carboxylic acids is 2. The van der Waals surface area contributed by atoms with E-state index in [1.807, 2.05) is 0 Å². The van der Waals surface area contributed by atoms with Gasteiger partial charge in [-0.2, -0.15) is 0 Å². The summed E-state index contributed by atoms with van der Waals surface area (Å²) in [7, 11) is 0. The van der Waals surface area contributed by atoms with Crippen molar-refractivity contribution in [1.29, 1.82) is 0 Å². The first-order valence-electron chi connectivity index (χ1n) is 4.91. The number of amides is 1. The van der Waals surface area contributed by atoms with Crippen molar-refractivity contribution in [3.05, 3.63) is 0 Å². The first-order chi connectivity index (χ1) is 7.41. The van der Waals surface area contributed by atoms with Gasteiger partial charge in [0.25, 0.3) is 0 Å². The van der Waals surface area contributed by atoms with Crippen molar-refractivity contribution in [3.8, 4) is 0 Å². The fourth-order valence-corrected chi connectivity index (χ4v) is 1.74. The molecule has 1 aliphatic rings. The van der Waals surface area contributed by atoms with Crippen LogP contribution in [0.4, 0.5) is 0 Å². The molecule has 1 amide bonds. The van der Waals surface area contributed by atoms with E-state index < -0.39 is 23.9 Å². The number of carbonyl (C=O) groups is 3. The monoisotopic (exact) mass is 230 g/mol. The van der Waals surface area contributed by atoms with Gasteiger partial charge in [0.2, 0.25) is 5.91 Å². The Morgan fingerprint density at radius 3 is 2.38 bits per heavy atom. The van der Waals surface area contributed by atoms with E-state index >= 15 is 0 Å². The van der Waals surface area contributed by atoms with Crippen LogP contribution in [0.1, 0.15) is 19.3 Å². The Balaban J connectivity index is 2.59. The Morgan fingerprint density at radius 1 is 1.25 bits per heavy atom. The van der Waals surface area contributed by atoms with Gasteiger partial charge < -0.3 is 20.8 Å². The topological polar surface area (TPSA) is 121 Å². The Bertz CT molecular complexity index is 317. The molecule has 0 aromatic carbocycles. The molecule has 1 rings (SSSR count). The van der Waals surface area contributed by atoms with Gasteiger partial charge >= 0.3 is 11.9 Å². The minimum atomic E-state index is -1.10. The lowest BCUT2D eigenvalue weighted by molar-refractivity contribution is -0.148. The maximum absolute atomic E-state index is 11.6. The van der Waals surface area contributed by atoms with Crippen LogP contribution in [0.25, 0.3) is 0 Å². The summed E-state index contributed by atoms with van der Waals surface area (Å²) in [6, 6.07) is -1.27. The van der Waals surface area contributed by atoms with E-state index in [4.69, 9.17) is 15.9 Å². The van der Waals surface area contributed by atoms with Gasteiger partial charge in [-0.1, -0.05) is 0 Å². The van der Waals surface area contributed by atoms with E-state index in [1.165, 1.54) is 0 Å². The minimum Gasteiger partial charge on any atom is -0.481 e. The van der Waals surface area contributed by atoms with Gasteiger partial charge in [0.15, 0.2) is 0 Å². The fourth-order valence-electron chi connectivity index (χ4n) is 1.74. The largest absolute Gasteiger partial charge is 0.481 e. The smallest absolute Gasteiger partial charge is 0.326 e. The third kappa shape index (κ3) is 2.93. The average molecular weight is 230 g/mol. The molecule has 0 radical (unpaired) electrons. The quantitative estimate of drug-likeness (QED) is 0.561. The number of carboxylic acids is 2. The van der Waals surface area contributed by atoms with Crippen LogP contribution < -0.4 is 5.73 Å². The van der Waals surface area contributed by atoms with Crippen LogP contribution in [0, 0.1) is 0 Å². The number of rotatable bonds is 4. The third-order valence-electron chi connectivity index (χ3n) is 2.49. The van der Waals surface area contributed by atoms with E-state index in [0.717, 1.165) is 4.90 Å². The number of hydrogen-bond acceptors (Lipinski definition) is 4. The SMILES string of the molecule is NC1CC(C(=O)O)N(C(=O)CCC(=O)O)C1. The first kappa shape index (κ1) is 12.4. The normalized spacial score (nSPS) is 24.4. The summed E-state index contributed by atoms with van der Waals surface area (Å²) in [4.78, 5) is 33.8. The van der Waals surface area contributed by atoms with Crippen LogP contribution in [0.3, 0.4) is 0 Å². The van der Waals surface area contributed by atoms with E-state index in [0.29, 0.717) is 0 Å². The van der Waals surface area contributed by atoms with Gasteiger partial charge in [0.05, 0.1) is 6.42 Å². The number of nitrogens with two attached hydrogens (primary N) is 1. The molecular formula is C9H14N2O5. The Kier molecular flexibility index (Phi) is 3.83. The summed E-state index contributed by atoms with van der Waals surface area (Å²) >= 11 is 0. The molecule has 0 saturated carbocycles. The van der Waals surface area contributed by atoms with Gasteiger partial charge in [0, 0.05) is 19.0 Å². The molecule has 16 heavy (non-hydrogen) atoms. The van der Waals surface area contributed by atoms with E-state index in [9.17, 15) is 14.4 Å². The first-order valence-corrected chi connectivity index (χ1v) is 4.91. The van der Waals surface area contributed by atoms with Crippen LogP contribution in [0.15, 0.2) is 0 Å². The Morgan fingerprint density at radius 2 is 1.88 bits per heavy atom. The van der Waals surface area contributed by atoms with Gasteiger partial charge in [0.1, 0.15) is 6.04 Å². The number of nitrogens with zero attached hydrogens (tertiary/aromatic N) is 1. The van der Waals surface area contributed by atoms with Crippen molar-refractivity contribution in [3.63, 3.8) is 0 Å². The van der Waals surface area contributed by atoms with Crippen LogP contribution in [0.2, 0.25) is 0 Å². The number of hydrogen-bond donors (Lipinski definition) is 3. The molecule has 7 nitrogen and oxygen atoms in total. The molecule has 1 aliphatic heterocycles. The van der Waals surface area contributed by atoms with Crippen LogP contribution >= 0.6 is 0 Å².